The minimum absolute atomic E-state index is 0.204. The summed E-state index contributed by atoms with van der Waals surface area (Å²) >= 11 is 3.18. The largest absolute Gasteiger partial charge is 0.477 e. The van der Waals surface area contributed by atoms with Crippen molar-refractivity contribution in [3.8, 4) is 11.8 Å². The highest BCUT2D eigenvalue weighted by Gasteiger charge is 2.08. The van der Waals surface area contributed by atoms with E-state index in [0.717, 1.165) is 14.9 Å². The predicted octanol–water partition coefficient (Wildman–Crippen LogP) is 2.63. The number of carboxylic acid groups (broad SMARTS) is 1. The van der Waals surface area contributed by atoms with E-state index >= 15 is 0 Å². The molecular weight excluding hydrogens is 343 g/mol. The Morgan fingerprint density at radius 3 is 2.69 bits per heavy atom. The summed E-state index contributed by atoms with van der Waals surface area (Å²) in [7, 11) is 0. The zero-order chi connectivity index (χ0) is 11.5. The zero-order valence-electron chi connectivity index (χ0n) is 7.75. The summed E-state index contributed by atoms with van der Waals surface area (Å²) in [4.78, 5) is 18.7. The summed E-state index contributed by atoms with van der Waals surface area (Å²) in [6, 6.07) is 1.64. The topological polar surface area (TPSA) is 72.3 Å². The Balaban J connectivity index is 2.14. The first-order valence-corrected chi connectivity index (χ1v) is 6.08. The van der Waals surface area contributed by atoms with Gasteiger partial charge in [0.2, 0.25) is 0 Å². The van der Waals surface area contributed by atoms with Crippen LogP contribution in [0.3, 0.4) is 0 Å². The highest BCUT2D eigenvalue weighted by Crippen LogP contribution is 2.24. The first kappa shape index (κ1) is 11.3. The lowest BCUT2D eigenvalue weighted by Crippen LogP contribution is -1.92. The minimum Gasteiger partial charge on any atom is -0.477 e. The molecule has 0 aliphatic carbocycles. The molecule has 7 heteroatoms. The highest BCUT2D eigenvalue weighted by molar-refractivity contribution is 14.1. The minimum atomic E-state index is -0.969. The molecule has 0 aliphatic rings. The molecule has 0 radical (unpaired) electrons. The fraction of sp³-hybridized carbons (Fsp3) is 0. The first-order valence-electron chi connectivity index (χ1n) is 4.12. The van der Waals surface area contributed by atoms with Crippen LogP contribution in [-0.4, -0.2) is 21.0 Å². The third-order valence-electron chi connectivity index (χ3n) is 1.59. The summed E-state index contributed by atoms with van der Waals surface area (Å²) in [5, 5.41) is 10.3. The zero-order valence-corrected chi connectivity index (χ0v) is 10.7. The number of aromatic carboxylic acids is 1. The van der Waals surface area contributed by atoms with Crippen LogP contribution in [0, 0.1) is 3.57 Å². The van der Waals surface area contributed by atoms with Crippen molar-refractivity contribution in [2.24, 2.45) is 0 Å². The molecule has 2 aromatic heterocycles. The molecule has 0 amide bonds. The van der Waals surface area contributed by atoms with Gasteiger partial charge in [-0.2, -0.15) is 0 Å². The molecule has 0 atom stereocenters. The SMILES string of the molecule is O=C(O)c1cc(Oc2ncc(I)cn2)cs1. The second-order valence-corrected chi connectivity index (χ2v) is 4.89. The van der Waals surface area contributed by atoms with Gasteiger partial charge in [0, 0.05) is 27.4 Å². The van der Waals surface area contributed by atoms with Gasteiger partial charge in [-0.05, 0) is 22.6 Å². The molecule has 16 heavy (non-hydrogen) atoms. The number of nitrogens with zero attached hydrogens (tertiary/aromatic N) is 2. The van der Waals surface area contributed by atoms with Crippen LogP contribution < -0.4 is 4.74 Å². The van der Waals surface area contributed by atoms with Gasteiger partial charge in [0.25, 0.3) is 0 Å². The number of thiophene rings is 1. The Labute approximate surface area is 108 Å². The van der Waals surface area contributed by atoms with Crippen LogP contribution in [0.1, 0.15) is 9.67 Å². The standard InChI is InChI=1S/C9H5IN2O3S/c10-5-2-11-9(12-3-5)15-6-1-7(8(13)14)16-4-6/h1-4H,(H,13,14). The number of hydrogen-bond acceptors (Lipinski definition) is 5. The third-order valence-corrected chi connectivity index (χ3v) is 3.05. The number of hydrogen-bond donors (Lipinski definition) is 1. The Kier molecular flexibility index (Phi) is 3.34. The molecule has 5 nitrogen and oxygen atoms in total. The van der Waals surface area contributed by atoms with E-state index in [0.29, 0.717) is 5.75 Å². The van der Waals surface area contributed by atoms with Crippen LogP contribution in [-0.2, 0) is 0 Å². The normalized spacial score (nSPS) is 10.1. The van der Waals surface area contributed by atoms with E-state index in [-0.39, 0.29) is 10.9 Å². The van der Waals surface area contributed by atoms with Gasteiger partial charge >= 0.3 is 12.0 Å². The van der Waals surface area contributed by atoms with E-state index in [4.69, 9.17) is 9.84 Å². The van der Waals surface area contributed by atoms with Crippen molar-refractivity contribution in [3.63, 3.8) is 0 Å². The van der Waals surface area contributed by atoms with Crippen LogP contribution in [0.5, 0.6) is 11.8 Å². The van der Waals surface area contributed by atoms with Crippen molar-refractivity contribution in [2.75, 3.05) is 0 Å². The number of carbonyl (C=O) groups is 1. The average molecular weight is 348 g/mol. The van der Waals surface area contributed by atoms with Crippen LogP contribution >= 0.6 is 33.9 Å². The monoisotopic (exact) mass is 348 g/mol. The summed E-state index contributed by atoms with van der Waals surface area (Å²) in [5.41, 5.74) is 0. The predicted molar refractivity (Wildman–Crippen MR) is 66.1 cm³/mol. The van der Waals surface area contributed by atoms with E-state index < -0.39 is 5.97 Å². The number of halogens is 1. The van der Waals surface area contributed by atoms with E-state index in [2.05, 4.69) is 32.6 Å². The number of rotatable bonds is 3. The van der Waals surface area contributed by atoms with Crippen LogP contribution in [0.15, 0.2) is 23.8 Å². The third kappa shape index (κ3) is 2.67. The Bertz CT molecular complexity index is 512. The summed E-state index contributed by atoms with van der Waals surface area (Å²) in [6.07, 6.45) is 3.24. The summed E-state index contributed by atoms with van der Waals surface area (Å²) in [6.45, 7) is 0. The summed E-state index contributed by atoms with van der Waals surface area (Å²) < 4.78 is 6.19. The van der Waals surface area contributed by atoms with Crippen molar-refractivity contribution < 1.29 is 14.6 Å². The van der Waals surface area contributed by atoms with Crippen LogP contribution in [0.4, 0.5) is 0 Å². The Morgan fingerprint density at radius 2 is 2.12 bits per heavy atom. The molecule has 0 saturated carbocycles. The number of carboxylic acids is 1. The molecule has 0 fully saturated rings. The Morgan fingerprint density at radius 1 is 1.44 bits per heavy atom. The van der Waals surface area contributed by atoms with Gasteiger partial charge in [0.05, 0.1) is 0 Å². The second-order valence-electron chi connectivity index (χ2n) is 2.74. The maximum Gasteiger partial charge on any atom is 0.346 e. The van der Waals surface area contributed by atoms with Gasteiger partial charge in [-0.15, -0.1) is 11.3 Å². The molecule has 0 aromatic carbocycles. The highest BCUT2D eigenvalue weighted by atomic mass is 127. The van der Waals surface area contributed by atoms with Crippen LogP contribution in [0.25, 0.3) is 0 Å². The van der Waals surface area contributed by atoms with E-state index in [1.165, 1.54) is 6.07 Å². The number of aromatic nitrogens is 2. The van der Waals surface area contributed by atoms with E-state index in [1.807, 2.05) is 0 Å². The quantitative estimate of drug-likeness (QED) is 0.864. The van der Waals surface area contributed by atoms with Crippen molar-refractivity contribution in [2.45, 2.75) is 0 Å². The van der Waals surface area contributed by atoms with Gasteiger partial charge in [-0.25, -0.2) is 14.8 Å². The molecule has 1 N–H and O–H groups in total. The van der Waals surface area contributed by atoms with Crippen molar-refractivity contribution in [1.29, 1.82) is 0 Å². The molecule has 2 heterocycles. The molecule has 2 aromatic rings. The first-order chi connectivity index (χ1) is 7.65. The van der Waals surface area contributed by atoms with Gasteiger partial charge in [-0.1, -0.05) is 0 Å². The van der Waals surface area contributed by atoms with Crippen molar-refractivity contribution in [1.82, 2.24) is 9.97 Å². The van der Waals surface area contributed by atoms with E-state index in [1.54, 1.807) is 17.8 Å². The summed E-state index contributed by atoms with van der Waals surface area (Å²) in [5.74, 6) is -0.535. The Hall–Kier alpha value is -1.22. The molecular formula is C9H5IN2O3S. The molecule has 0 unspecified atom stereocenters. The molecule has 0 saturated heterocycles. The maximum absolute atomic E-state index is 10.6. The molecule has 0 spiro atoms. The lowest BCUT2D eigenvalue weighted by Gasteiger charge is -1.99. The smallest absolute Gasteiger partial charge is 0.346 e. The average Bonchev–Trinajstić information content (AvgIpc) is 2.70. The van der Waals surface area contributed by atoms with Gasteiger partial charge in [-0.3, -0.25) is 0 Å². The van der Waals surface area contributed by atoms with Gasteiger partial charge < -0.3 is 9.84 Å². The lowest BCUT2D eigenvalue weighted by molar-refractivity contribution is 0.0702. The van der Waals surface area contributed by atoms with Gasteiger partial charge in [0.1, 0.15) is 10.6 Å². The molecule has 0 aliphatic heterocycles. The van der Waals surface area contributed by atoms with Crippen molar-refractivity contribution in [3.05, 3.63) is 32.3 Å². The second kappa shape index (κ2) is 4.74. The molecule has 2 rings (SSSR count). The fourth-order valence-corrected chi connectivity index (χ4v) is 1.87. The maximum atomic E-state index is 10.6. The number of ether oxygens (including phenoxy) is 1. The van der Waals surface area contributed by atoms with Gasteiger partial charge in [0.15, 0.2) is 0 Å². The lowest BCUT2D eigenvalue weighted by atomic mass is 10.4. The fourth-order valence-electron chi connectivity index (χ4n) is 0.943. The van der Waals surface area contributed by atoms with E-state index in [9.17, 15) is 4.79 Å². The van der Waals surface area contributed by atoms with Crippen molar-refractivity contribution >= 4 is 39.9 Å². The molecule has 82 valence electrons. The molecule has 0 bridgehead atoms. The van der Waals surface area contributed by atoms with Crippen LogP contribution in [0.2, 0.25) is 0 Å².